The zero-order chi connectivity index (χ0) is 17.4. The average molecular weight is 347 g/mol. The summed E-state index contributed by atoms with van der Waals surface area (Å²) in [6, 6.07) is 16.5. The Kier molecular flexibility index (Phi) is 3.71. The second-order valence-corrected chi connectivity index (χ2v) is 6.56. The van der Waals surface area contributed by atoms with Crippen LogP contribution in [0.15, 0.2) is 65.5 Å². The average Bonchev–Trinajstić information content (AvgIpc) is 2.92. The van der Waals surface area contributed by atoms with Crippen LogP contribution in [0.3, 0.4) is 0 Å². The van der Waals surface area contributed by atoms with Gasteiger partial charge < -0.3 is 5.11 Å². The summed E-state index contributed by atoms with van der Waals surface area (Å²) in [6.07, 6.45) is 4.86. The van der Waals surface area contributed by atoms with Crippen molar-refractivity contribution >= 4 is 34.8 Å². The first kappa shape index (κ1) is 15.4. The Balaban J connectivity index is 1.87. The van der Waals surface area contributed by atoms with E-state index >= 15 is 0 Å². The Hall–Kier alpha value is -3.18. The van der Waals surface area contributed by atoms with Crippen molar-refractivity contribution in [3.8, 4) is 11.6 Å². The van der Waals surface area contributed by atoms with E-state index in [1.807, 2.05) is 30.3 Å². The van der Waals surface area contributed by atoms with E-state index < -0.39 is 0 Å². The van der Waals surface area contributed by atoms with Gasteiger partial charge in [0.25, 0.3) is 0 Å². The Morgan fingerprint density at radius 1 is 0.920 bits per heavy atom. The summed E-state index contributed by atoms with van der Waals surface area (Å²) in [5.74, 6) is -0.307. The molecule has 25 heavy (non-hydrogen) atoms. The Labute approximate surface area is 147 Å². The molecule has 5 heteroatoms. The molecule has 1 N–H and O–H groups in total. The van der Waals surface area contributed by atoms with Crippen molar-refractivity contribution in [2.45, 2.75) is 0 Å². The molecule has 1 aromatic heterocycles. The molecule has 0 spiro atoms. The van der Waals surface area contributed by atoms with Crippen LogP contribution >= 0.6 is 11.3 Å². The maximum absolute atomic E-state index is 12.3. The maximum Gasteiger partial charge on any atom is 0.315 e. The lowest BCUT2D eigenvalue weighted by atomic mass is 9.91. The Morgan fingerprint density at radius 2 is 1.64 bits per heavy atom. The number of rotatable bonds is 2. The molecule has 122 valence electrons. The molecule has 0 saturated carbocycles. The number of aromatic hydroxyl groups is 1. The van der Waals surface area contributed by atoms with Gasteiger partial charge in [-0.1, -0.05) is 59.9 Å². The quantitative estimate of drug-likeness (QED) is 0.719. The van der Waals surface area contributed by atoms with Gasteiger partial charge in [0.1, 0.15) is 0 Å². The van der Waals surface area contributed by atoms with Gasteiger partial charge in [-0.05, 0) is 35.4 Å². The molecule has 2 aromatic carbocycles. The molecule has 0 unspecified atom stereocenters. The number of carbonyl (C=O) groups excluding carboxylic acids is 1. The molecule has 1 aliphatic rings. The van der Waals surface area contributed by atoms with E-state index in [2.05, 4.69) is 0 Å². The number of nitrogens with zero attached hydrogens (tertiary/aromatic N) is 1. The summed E-state index contributed by atoms with van der Waals surface area (Å²) in [5, 5.41) is 10.5. The van der Waals surface area contributed by atoms with Gasteiger partial charge in [0.05, 0.1) is 10.6 Å². The van der Waals surface area contributed by atoms with Gasteiger partial charge in [-0.25, -0.2) is 4.57 Å². The van der Waals surface area contributed by atoms with Crippen LogP contribution in [-0.2, 0) is 4.79 Å². The Morgan fingerprint density at radius 3 is 2.44 bits per heavy atom. The van der Waals surface area contributed by atoms with E-state index in [4.69, 9.17) is 0 Å². The van der Waals surface area contributed by atoms with Crippen LogP contribution in [0, 0.1) is 0 Å². The Bertz CT molecular complexity index is 1090. The molecule has 0 radical (unpaired) electrons. The first-order chi connectivity index (χ1) is 12.1. The van der Waals surface area contributed by atoms with E-state index in [1.54, 1.807) is 36.4 Å². The van der Waals surface area contributed by atoms with Crippen molar-refractivity contribution < 1.29 is 9.90 Å². The molecule has 0 atom stereocenters. The first-order valence-electron chi connectivity index (χ1n) is 7.69. The van der Waals surface area contributed by atoms with E-state index in [0.717, 1.165) is 22.5 Å². The SMILES string of the molecule is O=C1C=Cc2ccccc2C1=Cc1sc(=O)n(-c2ccccc2)c1O. The number of hydrogen-bond acceptors (Lipinski definition) is 4. The van der Waals surface area contributed by atoms with Crippen LogP contribution < -0.4 is 4.87 Å². The second kappa shape index (κ2) is 6.03. The number of thiazole rings is 1. The van der Waals surface area contributed by atoms with Crippen molar-refractivity contribution in [2.75, 3.05) is 0 Å². The van der Waals surface area contributed by atoms with Crippen LogP contribution in [0.5, 0.6) is 5.88 Å². The number of ketones is 1. The fraction of sp³-hybridized carbons (Fsp3) is 0. The normalized spacial score (nSPS) is 14.7. The number of aromatic nitrogens is 1. The molecular weight excluding hydrogens is 334 g/mol. The largest absolute Gasteiger partial charge is 0.493 e. The highest BCUT2D eigenvalue weighted by Gasteiger charge is 2.20. The van der Waals surface area contributed by atoms with Crippen LogP contribution in [0.4, 0.5) is 0 Å². The standard InChI is InChI=1S/C20H13NO3S/c22-17-11-10-13-6-4-5-9-15(13)16(17)12-18-19(23)21(20(24)25-18)14-7-2-1-3-8-14/h1-12,23H. The van der Waals surface area contributed by atoms with Crippen molar-refractivity contribution in [1.29, 1.82) is 0 Å². The van der Waals surface area contributed by atoms with Crippen molar-refractivity contribution in [1.82, 2.24) is 4.57 Å². The molecule has 4 nitrogen and oxygen atoms in total. The lowest BCUT2D eigenvalue weighted by Crippen LogP contribution is -2.09. The van der Waals surface area contributed by atoms with Crippen LogP contribution in [0.2, 0.25) is 0 Å². The monoisotopic (exact) mass is 347 g/mol. The van der Waals surface area contributed by atoms with Crippen LogP contribution in [0.25, 0.3) is 23.4 Å². The van der Waals surface area contributed by atoms with Gasteiger partial charge in [-0.15, -0.1) is 0 Å². The summed E-state index contributed by atoms with van der Waals surface area (Å²) in [4.78, 5) is 24.7. The minimum Gasteiger partial charge on any atom is -0.493 e. The molecule has 1 aliphatic carbocycles. The van der Waals surface area contributed by atoms with Crippen LogP contribution in [-0.4, -0.2) is 15.5 Å². The van der Waals surface area contributed by atoms with Crippen molar-refractivity contribution in [2.24, 2.45) is 0 Å². The van der Waals surface area contributed by atoms with Gasteiger partial charge in [0, 0.05) is 5.57 Å². The van der Waals surface area contributed by atoms with Gasteiger partial charge in [0.15, 0.2) is 5.78 Å². The second-order valence-electron chi connectivity index (χ2n) is 5.57. The number of hydrogen-bond donors (Lipinski definition) is 1. The molecular formula is C20H13NO3S. The molecule has 4 rings (SSSR count). The zero-order valence-corrected chi connectivity index (χ0v) is 13.9. The fourth-order valence-electron chi connectivity index (χ4n) is 2.84. The third-order valence-corrected chi connectivity index (χ3v) is 4.91. The molecule has 1 heterocycles. The molecule has 0 aliphatic heterocycles. The third kappa shape index (κ3) is 2.64. The summed E-state index contributed by atoms with van der Waals surface area (Å²) in [5.41, 5.74) is 2.78. The minimum atomic E-state index is -0.303. The lowest BCUT2D eigenvalue weighted by molar-refractivity contribution is -0.109. The molecule has 0 amide bonds. The van der Waals surface area contributed by atoms with Crippen molar-refractivity contribution in [3.63, 3.8) is 0 Å². The fourth-order valence-corrected chi connectivity index (χ4v) is 3.67. The van der Waals surface area contributed by atoms with Gasteiger partial charge >= 0.3 is 4.87 Å². The zero-order valence-electron chi connectivity index (χ0n) is 13.0. The highest BCUT2D eigenvalue weighted by molar-refractivity contribution is 7.10. The van der Waals surface area contributed by atoms with Gasteiger partial charge in [-0.3, -0.25) is 9.59 Å². The van der Waals surface area contributed by atoms with E-state index in [0.29, 0.717) is 16.1 Å². The van der Waals surface area contributed by atoms with Gasteiger partial charge in [0.2, 0.25) is 5.88 Å². The van der Waals surface area contributed by atoms with E-state index in [1.165, 1.54) is 10.6 Å². The van der Waals surface area contributed by atoms with Gasteiger partial charge in [-0.2, -0.15) is 0 Å². The topological polar surface area (TPSA) is 59.3 Å². The lowest BCUT2D eigenvalue weighted by Gasteiger charge is -2.12. The first-order valence-corrected chi connectivity index (χ1v) is 8.50. The summed E-state index contributed by atoms with van der Waals surface area (Å²) in [6.45, 7) is 0. The summed E-state index contributed by atoms with van der Waals surface area (Å²) >= 11 is 0.911. The third-order valence-electron chi connectivity index (χ3n) is 4.03. The summed E-state index contributed by atoms with van der Waals surface area (Å²) in [7, 11) is 0. The molecule has 0 fully saturated rings. The highest BCUT2D eigenvalue weighted by Crippen LogP contribution is 2.32. The maximum atomic E-state index is 12.3. The summed E-state index contributed by atoms with van der Waals surface area (Å²) < 4.78 is 1.24. The molecule has 0 bridgehead atoms. The molecule has 3 aromatic rings. The number of fused-ring (bicyclic) bond motifs is 1. The van der Waals surface area contributed by atoms with E-state index in [-0.39, 0.29) is 16.5 Å². The number of allylic oxidation sites excluding steroid dienone is 2. The predicted molar refractivity (Wildman–Crippen MR) is 99.9 cm³/mol. The number of benzene rings is 2. The highest BCUT2D eigenvalue weighted by atomic mass is 32.1. The van der Waals surface area contributed by atoms with Crippen LogP contribution in [0.1, 0.15) is 16.0 Å². The minimum absolute atomic E-state index is 0.148. The number of para-hydroxylation sites is 1. The molecule has 0 saturated heterocycles. The smallest absolute Gasteiger partial charge is 0.315 e. The van der Waals surface area contributed by atoms with Crippen molar-refractivity contribution in [3.05, 3.63) is 86.3 Å². The predicted octanol–water partition coefficient (Wildman–Crippen LogP) is 3.74. The van der Waals surface area contributed by atoms with E-state index in [9.17, 15) is 14.7 Å². The number of carbonyl (C=O) groups is 1.